The van der Waals surface area contributed by atoms with Crippen molar-refractivity contribution >= 4 is 5.91 Å². The summed E-state index contributed by atoms with van der Waals surface area (Å²) in [5, 5.41) is 3.04. The summed E-state index contributed by atoms with van der Waals surface area (Å²) in [6, 6.07) is 5.60. The van der Waals surface area contributed by atoms with Gasteiger partial charge < -0.3 is 14.8 Å². The van der Waals surface area contributed by atoms with Crippen molar-refractivity contribution in [1.29, 1.82) is 0 Å². The molecule has 94 valence electrons. The topological polar surface area (TPSA) is 47.6 Å². The van der Waals surface area contributed by atoms with Crippen LogP contribution in [0.1, 0.15) is 29.6 Å². The number of hydrogen-bond acceptors (Lipinski definition) is 3. The van der Waals surface area contributed by atoms with E-state index in [1.165, 1.54) is 0 Å². The molecule has 0 spiro atoms. The quantitative estimate of drug-likeness (QED) is 0.813. The molecular weight excluding hydrogens is 230 g/mol. The third kappa shape index (κ3) is 2.06. The Morgan fingerprint density at radius 1 is 1.28 bits per heavy atom. The largest absolute Gasteiger partial charge is 0.454 e. The van der Waals surface area contributed by atoms with Gasteiger partial charge in [0, 0.05) is 6.04 Å². The van der Waals surface area contributed by atoms with E-state index in [1.807, 2.05) is 12.1 Å². The van der Waals surface area contributed by atoms with Gasteiger partial charge in [-0.05, 0) is 31.4 Å². The first kappa shape index (κ1) is 11.1. The van der Waals surface area contributed by atoms with E-state index in [0.29, 0.717) is 17.1 Å². The first-order valence-electron chi connectivity index (χ1n) is 6.19. The van der Waals surface area contributed by atoms with Gasteiger partial charge in [-0.25, -0.2) is 0 Å². The molecule has 1 unspecified atom stereocenters. The van der Waals surface area contributed by atoms with E-state index in [1.54, 1.807) is 6.07 Å². The zero-order valence-corrected chi connectivity index (χ0v) is 10.0. The zero-order valence-electron chi connectivity index (χ0n) is 10.0. The Morgan fingerprint density at radius 3 is 3.06 bits per heavy atom. The number of carbonyl (C=O) groups is 1. The maximum Gasteiger partial charge on any atom is 0.255 e. The molecule has 2 aliphatic rings. The van der Waals surface area contributed by atoms with E-state index >= 15 is 0 Å². The van der Waals surface area contributed by atoms with Crippen molar-refractivity contribution in [2.75, 3.05) is 6.79 Å². The van der Waals surface area contributed by atoms with Gasteiger partial charge in [0.1, 0.15) is 0 Å². The van der Waals surface area contributed by atoms with Crippen LogP contribution in [0.5, 0.6) is 11.5 Å². The summed E-state index contributed by atoms with van der Waals surface area (Å²) in [6.45, 7) is 0.186. The molecule has 1 amide bonds. The number of amides is 1. The molecule has 1 aromatic carbocycles. The van der Waals surface area contributed by atoms with Crippen LogP contribution in [-0.2, 0) is 0 Å². The summed E-state index contributed by atoms with van der Waals surface area (Å²) in [6.07, 6.45) is 7.19. The van der Waals surface area contributed by atoms with Crippen molar-refractivity contribution in [3.63, 3.8) is 0 Å². The van der Waals surface area contributed by atoms with E-state index in [2.05, 4.69) is 17.5 Å². The van der Waals surface area contributed by atoms with E-state index in [0.717, 1.165) is 19.3 Å². The minimum absolute atomic E-state index is 0.0855. The first-order valence-corrected chi connectivity index (χ1v) is 6.19. The van der Waals surface area contributed by atoms with Crippen molar-refractivity contribution in [1.82, 2.24) is 5.32 Å². The molecule has 0 fully saturated rings. The van der Waals surface area contributed by atoms with E-state index in [4.69, 9.17) is 9.47 Å². The van der Waals surface area contributed by atoms with Crippen LogP contribution in [0, 0.1) is 0 Å². The van der Waals surface area contributed by atoms with Crippen LogP contribution in [0.15, 0.2) is 30.4 Å². The Labute approximate surface area is 106 Å². The van der Waals surface area contributed by atoms with Crippen LogP contribution in [-0.4, -0.2) is 18.7 Å². The fraction of sp³-hybridized carbons (Fsp3) is 0.357. The van der Waals surface area contributed by atoms with Crippen molar-refractivity contribution in [2.24, 2.45) is 0 Å². The third-order valence-corrected chi connectivity index (χ3v) is 3.25. The highest BCUT2D eigenvalue weighted by Gasteiger charge is 2.23. The molecule has 0 radical (unpaired) electrons. The highest BCUT2D eigenvalue weighted by atomic mass is 16.7. The number of nitrogens with one attached hydrogen (secondary N) is 1. The fourth-order valence-electron chi connectivity index (χ4n) is 2.30. The molecule has 1 N–H and O–H groups in total. The molecule has 1 aliphatic heterocycles. The molecule has 0 aromatic heterocycles. The molecule has 4 heteroatoms. The Kier molecular flexibility index (Phi) is 2.92. The van der Waals surface area contributed by atoms with Gasteiger partial charge in [-0.2, -0.15) is 0 Å². The van der Waals surface area contributed by atoms with Gasteiger partial charge in [-0.15, -0.1) is 0 Å². The molecule has 4 nitrogen and oxygen atoms in total. The average molecular weight is 245 g/mol. The maximum absolute atomic E-state index is 12.2. The predicted octanol–water partition coefficient (Wildman–Crippen LogP) is 2.25. The SMILES string of the molecule is O=C(NC1CC=CCC1)c1cccc2c1OCO2. The van der Waals surface area contributed by atoms with Crippen LogP contribution >= 0.6 is 0 Å². The first-order chi connectivity index (χ1) is 8.84. The molecule has 0 saturated heterocycles. The van der Waals surface area contributed by atoms with Crippen LogP contribution in [0.2, 0.25) is 0 Å². The molecular formula is C14H15NO3. The molecule has 18 heavy (non-hydrogen) atoms. The molecule has 1 aliphatic carbocycles. The summed E-state index contributed by atoms with van der Waals surface area (Å²) in [7, 11) is 0. The molecule has 1 atom stereocenters. The van der Waals surface area contributed by atoms with Gasteiger partial charge in [-0.3, -0.25) is 4.79 Å². The predicted molar refractivity (Wildman–Crippen MR) is 66.8 cm³/mol. The second kappa shape index (κ2) is 4.72. The lowest BCUT2D eigenvalue weighted by Gasteiger charge is -2.19. The monoisotopic (exact) mass is 245 g/mol. The molecule has 3 rings (SSSR count). The fourth-order valence-corrected chi connectivity index (χ4v) is 2.30. The van der Waals surface area contributed by atoms with Gasteiger partial charge >= 0.3 is 0 Å². The summed E-state index contributed by atoms with van der Waals surface area (Å²) in [5.41, 5.74) is 0.555. The zero-order chi connectivity index (χ0) is 12.4. The maximum atomic E-state index is 12.2. The summed E-state index contributed by atoms with van der Waals surface area (Å²) in [4.78, 5) is 12.2. The Bertz CT molecular complexity index is 496. The Morgan fingerprint density at radius 2 is 2.22 bits per heavy atom. The van der Waals surface area contributed by atoms with Crippen LogP contribution in [0.25, 0.3) is 0 Å². The van der Waals surface area contributed by atoms with Crippen molar-refractivity contribution < 1.29 is 14.3 Å². The Balaban J connectivity index is 1.76. The third-order valence-electron chi connectivity index (χ3n) is 3.25. The van der Waals surface area contributed by atoms with Crippen LogP contribution in [0.4, 0.5) is 0 Å². The lowest BCUT2D eigenvalue weighted by Crippen LogP contribution is -2.35. The average Bonchev–Trinajstić information content (AvgIpc) is 2.87. The van der Waals surface area contributed by atoms with Crippen molar-refractivity contribution in [3.8, 4) is 11.5 Å². The molecule has 0 bridgehead atoms. The molecule has 1 aromatic rings. The smallest absolute Gasteiger partial charge is 0.255 e. The van der Waals surface area contributed by atoms with Gasteiger partial charge in [0.2, 0.25) is 6.79 Å². The normalized spacial score (nSPS) is 20.8. The second-order valence-corrected chi connectivity index (χ2v) is 4.49. The van der Waals surface area contributed by atoms with E-state index in [9.17, 15) is 4.79 Å². The number of rotatable bonds is 2. The number of allylic oxidation sites excluding steroid dienone is 1. The van der Waals surface area contributed by atoms with E-state index in [-0.39, 0.29) is 18.7 Å². The van der Waals surface area contributed by atoms with Crippen LogP contribution < -0.4 is 14.8 Å². The molecule has 1 heterocycles. The van der Waals surface area contributed by atoms with Crippen LogP contribution in [0.3, 0.4) is 0 Å². The minimum atomic E-state index is -0.0855. The van der Waals surface area contributed by atoms with E-state index < -0.39 is 0 Å². The van der Waals surface area contributed by atoms with Crippen molar-refractivity contribution in [2.45, 2.75) is 25.3 Å². The number of para-hydroxylation sites is 1. The van der Waals surface area contributed by atoms with Gasteiger partial charge in [0.15, 0.2) is 11.5 Å². The summed E-state index contributed by atoms with van der Waals surface area (Å²) in [5.74, 6) is 1.12. The van der Waals surface area contributed by atoms with Crippen molar-refractivity contribution in [3.05, 3.63) is 35.9 Å². The lowest BCUT2D eigenvalue weighted by atomic mass is 10.0. The number of fused-ring (bicyclic) bond motifs is 1. The highest BCUT2D eigenvalue weighted by Crippen LogP contribution is 2.35. The number of ether oxygens (including phenoxy) is 2. The van der Waals surface area contributed by atoms with Gasteiger partial charge in [-0.1, -0.05) is 18.2 Å². The lowest BCUT2D eigenvalue weighted by molar-refractivity contribution is 0.0930. The van der Waals surface area contributed by atoms with Gasteiger partial charge in [0.25, 0.3) is 5.91 Å². The summed E-state index contributed by atoms with van der Waals surface area (Å²) >= 11 is 0. The second-order valence-electron chi connectivity index (χ2n) is 4.49. The standard InChI is InChI=1S/C14H15NO3/c16-14(15-10-5-2-1-3-6-10)11-7-4-8-12-13(11)18-9-17-12/h1-2,4,7-8,10H,3,5-6,9H2,(H,15,16). The number of benzene rings is 1. The summed E-state index contributed by atoms with van der Waals surface area (Å²) < 4.78 is 10.6. The Hall–Kier alpha value is -1.97. The number of carbonyl (C=O) groups excluding carboxylic acids is 1. The number of hydrogen-bond donors (Lipinski definition) is 1. The van der Waals surface area contributed by atoms with Gasteiger partial charge in [0.05, 0.1) is 5.56 Å². The minimum Gasteiger partial charge on any atom is -0.454 e. The molecule has 0 saturated carbocycles. The highest BCUT2D eigenvalue weighted by molar-refractivity contribution is 5.98.